The monoisotopic (exact) mass is 763 g/mol. The van der Waals surface area contributed by atoms with Gasteiger partial charge in [-0.05, 0) is 77.0 Å². The van der Waals surface area contributed by atoms with Crippen LogP contribution in [0.4, 0.5) is 4.79 Å². The van der Waals surface area contributed by atoms with Crippen LogP contribution in [-0.2, 0) is 23.8 Å². The number of nitrogens with one attached hydrogen (secondary N) is 1. The van der Waals surface area contributed by atoms with Gasteiger partial charge in [0.15, 0.2) is 6.10 Å². The number of carbonyl (C=O) groups excluding carboxylic acids is 3. The Morgan fingerprint density at radius 1 is 0.519 bits per heavy atom. The maximum absolute atomic E-state index is 12.6. The molecule has 0 aliphatic rings. The lowest BCUT2D eigenvalue weighted by atomic mass is 9.94. The van der Waals surface area contributed by atoms with Crippen molar-refractivity contribution in [3.63, 3.8) is 0 Å². The second-order valence-corrected chi connectivity index (χ2v) is 15.5. The van der Waals surface area contributed by atoms with Crippen LogP contribution in [0.15, 0.2) is 24.3 Å². The molecule has 54 heavy (non-hydrogen) atoms. The molecule has 8 nitrogen and oxygen atoms in total. The van der Waals surface area contributed by atoms with Gasteiger partial charge in [-0.25, -0.2) is 4.79 Å². The Morgan fingerprint density at radius 2 is 0.852 bits per heavy atom. The number of hydrogen-bond donors (Lipinski definition) is 2. The van der Waals surface area contributed by atoms with Gasteiger partial charge < -0.3 is 25.3 Å². The lowest BCUT2D eigenvalue weighted by Crippen LogP contribution is -2.50. The van der Waals surface area contributed by atoms with Crippen LogP contribution < -0.4 is 11.1 Å². The molecule has 0 heterocycles. The van der Waals surface area contributed by atoms with Crippen molar-refractivity contribution < 1.29 is 28.6 Å². The normalized spacial score (nSPS) is 11.9. The zero-order valence-corrected chi connectivity index (χ0v) is 35.7. The summed E-state index contributed by atoms with van der Waals surface area (Å²) in [5.74, 6) is -0.668. The van der Waals surface area contributed by atoms with E-state index in [-0.39, 0.29) is 31.7 Å². The fourth-order valence-electron chi connectivity index (χ4n) is 6.25. The fraction of sp³-hybridized carbons (Fsp3) is 0.848. The Balaban J connectivity index is 4.31. The smallest absolute Gasteiger partial charge is 0.407 e. The lowest BCUT2D eigenvalue weighted by Gasteiger charge is -2.27. The molecule has 0 saturated carbocycles. The zero-order chi connectivity index (χ0) is 39.8. The molecule has 0 aromatic rings. The van der Waals surface area contributed by atoms with Gasteiger partial charge in [-0.1, -0.05) is 155 Å². The van der Waals surface area contributed by atoms with Crippen molar-refractivity contribution in [1.29, 1.82) is 0 Å². The Kier molecular flexibility index (Phi) is 37.2. The van der Waals surface area contributed by atoms with Crippen molar-refractivity contribution >= 4 is 18.0 Å². The summed E-state index contributed by atoms with van der Waals surface area (Å²) < 4.78 is 16.4. The quantitative estimate of drug-likeness (QED) is 0.0277. The van der Waals surface area contributed by atoms with Gasteiger partial charge in [-0.3, -0.25) is 9.59 Å². The summed E-state index contributed by atoms with van der Waals surface area (Å²) in [6.45, 7) is 8.40. The predicted octanol–water partition coefficient (Wildman–Crippen LogP) is 12.8. The number of alkyl carbamates (subject to hydrolysis) is 1. The molecule has 0 bridgehead atoms. The fourth-order valence-corrected chi connectivity index (χ4v) is 6.25. The third-order valence-electron chi connectivity index (χ3n) is 10.4. The van der Waals surface area contributed by atoms with Crippen molar-refractivity contribution in [3.8, 4) is 0 Å². The number of hydrogen-bond acceptors (Lipinski definition) is 7. The number of amides is 1. The SMILES string of the molecule is CCCCCCCC/C=C\CCCCCCCC(=O)OCC(COC(=O)CCCCCCC/C=C\CCCCCCCC)OC(=O)NCC(N)(CC)CC. The Bertz CT molecular complexity index is 876. The predicted molar refractivity (Wildman–Crippen MR) is 227 cm³/mol. The highest BCUT2D eigenvalue weighted by Crippen LogP contribution is 2.13. The van der Waals surface area contributed by atoms with Gasteiger partial charge in [0.1, 0.15) is 13.2 Å². The molecule has 316 valence electrons. The van der Waals surface area contributed by atoms with Gasteiger partial charge in [0.2, 0.25) is 0 Å². The number of ether oxygens (including phenoxy) is 3. The van der Waals surface area contributed by atoms with E-state index in [1.165, 1.54) is 103 Å². The van der Waals surface area contributed by atoms with E-state index in [2.05, 4.69) is 43.5 Å². The van der Waals surface area contributed by atoms with E-state index in [4.69, 9.17) is 19.9 Å². The van der Waals surface area contributed by atoms with E-state index in [1.807, 2.05) is 13.8 Å². The van der Waals surface area contributed by atoms with Gasteiger partial charge in [0, 0.05) is 24.9 Å². The molecular weight excluding hydrogens is 677 g/mol. The molecule has 0 aliphatic carbocycles. The molecule has 0 spiro atoms. The van der Waals surface area contributed by atoms with E-state index in [0.29, 0.717) is 25.7 Å². The van der Waals surface area contributed by atoms with E-state index in [0.717, 1.165) is 64.2 Å². The summed E-state index contributed by atoms with van der Waals surface area (Å²) in [5.41, 5.74) is 5.79. The summed E-state index contributed by atoms with van der Waals surface area (Å²) in [7, 11) is 0. The minimum absolute atomic E-state index is 0.159. The van der Waals surface area contributed by atoms with E-state index in [9.17, 15) is 14.4 Å². The molecule has 0 rings (SSSR count). The van der Waals surface area contributed by atoms with Crippen LogP contribution in [0.2, 0.25) is 0 Å². The summed E-state index contributed by atoms with van der Waals surface area (Å²) in [6.07, 6.45) is 40.8. The molecule has 8 heteroatoms. The largest absolute Gasteiger partial charge is 0.462 e. The topological polar surface area (TPSA) is 117 Å². The highest BCUT2D eigenvalue weighted by molar-refractivity contribution is 5.70. The molecule has 0 aromatic heterocycles. The molecule has 0 saturated heterocycles. The third kappa shape index (κ3) is 35.4. The van der Waals surface area contributed by atoms with Crippen LogP contribution in [-0.4, -0.2) is 49.4 Å². The number of unbranched alkanes of at least 4 members (excludes halogenated alkanes) is 22. The van der Waals surface area contributed by atoms with Crippen molar-refractivity contribution in [2.45, 2.75) is 232 Å². The first-order valence-corrected chi connectivity index (χ1v) is 22.6. The second kappa shape index (κ2) is 38.9. The first-order valence-electron chi connectivity index (χ1n) is 22.6. The number of rotatable bonds is 39. The summed E-state index contributed by atoms with van der Waals surface area (Å²) in [4.78, 5) is 37.6. The van der Waals surface area contributed by atoms with Crippen molar-refractivity contribution in [1.82, 2.24) is 5.32 Å². The maximum atomic E-state index is 12.6. The molecule has 0 aliphatic heterocycles. The van der Waals surface area contributed by atoms with Crippen molar-refractivity contribution in [3.05, 3.63) is 24.3 Å². The number of nitrogens with two attached hydrogens (primary N) is 1. The van der Waals surface area contributed by atoms with Gasteiger partial charge in [-0.2, -0.15) is 0 Å². The summed E-state index contributed by atoms with van der Waals surface area (Å²) >= 11 is 0. The minimum atomic E-state index is -0.892. The molecule has 0 aromatic carbocycles. The van der Waals surface area contributed by atoms with E-state index < -0.39 is 17.7 Å². The second-order valence-electron chi connectivity index (χ2n) is 15.5. The summed E-state index contributed by atoms with van der Waals surface area (Å²) in [6, 6.07) is 0. The average molecular weight is 763 g/mol. The van der Waals surface area contributed by atoms with Gasteiger partial charge in [0.25, 0.3) is 0 Å². The van der Waals surface area contributed by atoms with Gasteiger partial charge >= 0.3 is 18.0 Å². The summed E-state index contributed by atoms with van der Waals surface area (Å²) in [5, 5.41) is 2.72. The van der Waals surface area contributed by atoms with Crippen molar-refractivity contribution in [2.75, 3.05) is 19.8 Å². The highest BCUT2D eigenvalue weighted by atomic mass is 16.6. The molecular formula is C46H86N2O6. The highest BCUT2D eigenvalue weighted by Gasteiger charge is 2.24. The standard InChI is InChI=1S/C46H86N2O6/c1-5-9-11-13-15-17-19-21-23-25-27-29-31-33-35-37-43(49)52-39-42(54-45(51)48-41-46(47,7-3)8-4)40-53-44(50)38-36-34-32-30-28-26-24-22-20-18-16-14-12-10-6-2/h21-24,42H,5-20,25-41,47H2,1-4H3,(H,48,51)/b23-21-,24-22-. The van der Waals surface area contributed by atoms with Gasteiger partial charge in [-0.15, -0.1) is 0 Å². The van der Waals surface area contributed by atoms with E-state index >= 15 is 0 Å². The number of carbonyl (C=O) groups is 3. The van der Waals surface area contributed by atoms with Gasteiger partial charge in [0.05, 0.1) is 0 Å². The van der Waals surface area contributed by atoms with Crippen LogP contribution in [0, 0.1) is 0 Å². The molecule has 3 N–H and O–H groups in total. The van der Waals surface area contributed by atoms with Crippen LogP contribution in [0.1, 0.15) is 220 Å². The first-order chi connectivity index (χ1) is 26.3. The molecule has 0 radical (unpaired) electrons. The molecule has 1 amide bonds. The maximum Gasteiger partial charge on any atom is 0.407 e. The molecule has 0 fully saturated rings. The van der Waals surface area contributed by atoms with Crippen LogP contribution in [0.5, 0.6) is 0 Å². The van der Waals surface area contributed by atoms with E-state index in [1.54, 1.807) is 0 Å². The van der Waals surface area contributed by atoms with Crippen LogP contribution in [0.3, 0.4) is 0 Å². The van der Waals surface area contributed by atoms with Crippen molar-refractivity contribution in [2.24, 2.45) is 5.73 Å². The lowest BCUT2D eigenvalue weighted by molar-refractivity contribution is -0.152. The van der Waals surface area contributed by atoms with Crippen LogP contribution >= 0.6 is 0 Å². The zero-order valence-electron chi connectivity index (χ0n) is 35.7. The number of esters is 2. The minimum Gasteiger partial charge on any atom is -0.462 e. The van der Waals surface area contributed by atoms with Crippen LogP contribution in [0.25, 0.3) is 0 Å². The molecule has 0 atom stereocenters. The number of allylic oxidation sites excluding steroid dienone is 4. The average Bonchev–Trinajstić information content (AvgIpc) is 3.17. The first kappa shape index (κ1) is 51.6. The Morgan fingerprint density at radius 3 is 1.20 bits per heavy atom. The Hall–Kier alpha value is -2.35. The molecule has 0 unspecified atom stereocenters. The third-order valence-corrected chi connectivity index (χ3v) is 10.4. The Labute approximate surface area is 332 Å².